The van der Waals surface area contributed by atoms with Gasteiger partial charge in [-0.3, -0.25) is 0 Å². The summed E-state index contributed by atoms with van der Waals surface area (Å²) in [6, 6.07) is 0.205. The summed E-state index contributed by atoms with van der Waals surface area (Å²) in [5, 5.41) is 3.70. The number of rotatable bonds is 8. The first-order valence-electron chi connectivity index (χ1n) is 8.07. The van der Waals surface area contributed by atoms with Gasteiger partial charge in [-0.1, -0.05) is 26.7 Å². The number of nitrogens with zero attached hydrogens (tertiary/aromatic N) is 2. The van der Waals surface area contributed by atoms with Gasteiger partial charge in [0.15, 0.2) is 0 Å². The molecule has 0 saturated heterocycles. The zero-order chi connectivity index (χ0) is 14.4. The third-order valence-electron chi connectivity index (χ3n) is 4.45. The van der Waals surface area contributed by atoms with E-state index in [1.807, 2.05) is 13.3 Å². The summed E-state index contributed by atoms with van der Waals surface area (Å²) >= 11 is 0. The van der Waals surface area contributed by atoms with Crippen LogP contribution in [0.1, 0.15) is 64.2 Å². The van der Waals surface area contributed by atoms with Crippen LogP contribution in [0.2, 0.25) is 0 Å². The molecule has 0 radical (unpaired) electrons. The lowest BCUT2D eigenvalue weighted by molar-refractivity contribution is -0.0398. The van der Waals surface area contributed by atoms with Crippen LogP contribution < -0.4 is 5.32 Å². The largest absolute Gasteiger partial charge is 0.376 e. The van der Waals surface area contributed by atoms with E-state index in [9.17, 15) is 0 Å². The first-order chi connectivity index (χ1) is 9.77. The second-order valence-electron chi connectivity index (χ2n) is 5.84. The van der Waals surface area contributed by atoms with E-state index in [-0.39, 0.29) is 11.6 Å². The summed E-state index contributed by atoms with van der Waals surface area (Å²) in [5.74, 6) is 1.14. The first kappa shape index (κ1) is 15.5. The molecule has 0 bridgehead atoms. The molecule has 114 valence electrons. The molecule has 1 heterocycles. The lowest BCUT2D eigenvalue weighted by atomic mass is 9.91. The number of methoxy groups -OCH3 is 1. The van der Waals surface area contributed by atoms with Crippen molar-refractivity contribution in [3.8, 4) is 0 Å². The van der Waals surface area contributed by atoms with Gasteiger partial charge in [0, 0.05) is 26.0 Å². The first-order valence-corrected chi connectivity index (χ1v) is 8.07. The molecular weight excluding hydrogens is 250 g/mol. The van der Waals surface area contributed by atoms with Crippen LogP contribution in [-0.4, -0.2) is 28.8 Å². The van der Waals surface area contributed by atoms with E-state index in [0.717, 1.165) is 44.6 Å². The Hall–Kier alpha value is -0.870. The van der Waals surface area contributed by atoms with Crippen LogP contribution in [-0.2, 0) is 11.3 Å². The highest BCUT2D eigenvalue weighted by Gasteiger charge is 2.44. The van der Waals surface area contributed by atoms with Gasteiger partial charge >= 0.3 is 0 Å². The van der Waals surface area contributed by atoms with E-state index in [1.54, 1.807) is 0 Å². The summed E-state index contributed by atoms with van der Waals surface area (Å²) in [4.78, 5) is 4.65. The molecule has 1 atom stereocenters. The summed E-state index contributed by atoms with van der Waals surface area (Å²) < 4.78 is 8.28. The highest BCUT2D eigenvalue weighted by molar-refractivity contribution is 5.10. The minimum Gasteiger partial charge on any atom is -0.376 e. The maximum absolute atomic E-state index is 6.00. The average molecular weight is 279 g/mol. The quantitative estimate of drug-likeness (QED) is 0.793. The molecule has 1 saturated carbocycles. The van der Waals surface area contributed by atoms with Crippen molar-refractivity contribution in [2.24, 2.45) is 0 Å². The molecule has 0 aromatic carbocycles. The summed E-state index contributed by atoms with van der Waals surface area (Å²) in [5.41, 5.74) is -0.0774. The molecule has 0 aliphatic heterocycles. The van der Waals surface area contributed by atoms with Gasteiger partial charge in [-0.2, -0.15) is 0 Å². The van der Waals surface area contributed by atoms with Crippen molar-refractivity contribution in [2.75, 3.05) is 13.7 Å². The molecular formula is C16H29N3O. The number of ether oxygens (including phenoxy) is 1. The van der Waals surface area contributed by atoms with Gasteiger partial charge in [0.2, 0.25) is 0 Å². The van der Waals surface area contributed by atoms with E-state index in [2.05, 4.69) is 34.9 Å². The van der Waals surface area contributed by atoms with Gasteiger partial charge < -0.3 is 14.6 Å². The molecule has 0 spiro atoms. The Morgan fingerprint density at radius 3 is 2.70 bits per heavy atom. The minimum absolute atomic E-state index is 0.0774. The summed E-state index contributed by atoms with van der Waals surface area (Å²) in [7, 11) is 1.86. The minimum atomic E-state index is -0.0774. The zero-order valence-corrected chi connectivity index (χ0v) is 13.2. The number of hydrogen-bond acceptors (Lipinski definition) is 3. The fourth-order valence-electron chi connectivity index (χ4n) is 3.40. The van der Waals surface area contributed by atoms with Crippen LogP contribution in [0.15, 0.2) is 12.4 Å². The molecule has 1 N–H and O–H groups in total. The van der Waals surface area contributed by atoms with Crippen molar-refractivity contribution in [1.82, 2.24) is 14.9 Å². The van der Waals surface area contributed by atoms with Crippen LogP contribution >= 0.6 is 0 Å². The molecule has 4 nitrogen and oxygen atoms in total. The topological polar surface area (TPSA) is 39.1 Å². The van der Waals surface area contributed by atoms with Crippen molar-refractivity contribution < 1.29 is 4.74 Å². The normalized spacial score (nSPS) is 19.4. The molecule has 1 aliphatic carbocycles. The van der Waals surface area contributed by atoms with Crippen LogP contribution in [0.4, 0.5) is 0 Å². The third-order valence-corrected chi connectivity index (χ3v) is 4.45. The predicted molar refractivity (Wildman–Crippen MR) is 81.8 cm³/mol. The number of aryl methyl sites for hydroxylation is 1. The zero-order valence-electron chi connectivity index (χ0n) is 13.2. The fourth-order valence-corrected chi connectivity index (χ4v) is 3.40. The smallest absolute Gasteiger partial charge is 0.128 e. The number of nitrogens with one attached hydrogen (secondary N) is 1. The Morgan fingerprint density at radius 2 is 2.10 bits per heavy atom. The van der Waals surface area contributed by atoms with E-state index in [0.29, 0.717) is 0 Å². The number of aromatic nitrogens is 2. The SMILES string of the molecule is CCCNC(c1nccn1CCC)C1(OC)CCCC1. The average Bonchev–Trinajstić information content (AvgIpc) is 3.10. The van der Waals surface area contributed by atoms with E-state index >= 15 is 0 Å². The molecule has 1 aromatic rings. The summed E-state index contributed by atoms with van der Waals surface area (Å²) in [6.07, 6.45) is 11.0. The van der Waals surface area contributed by atoms with E-state index in [4.69, 9.17) is 4.74 Å². The molecule has 20 heavy (non-hydrogen) atoms. The van der Waals surface area contributed by atoms with Crippen molar-refractivity contribution in [3.63, 3.8) is 0 Å². The molecule has 1 aromatic heterocycles. The van der Waals surface area contributed by atoms with Gasteiger partial charge in [-0.05, 0) is 32.2 Å². The molecule has 1 unspecified atom stereocenters. The van der Waals surface area contributed by atoms with Crippen LogP contribution in [0.25, 0.3) is 0 Å². The van der Waals surface area contributed by atoms with Crippen molar-refractivity contribution >= 4 is 0 Å². The number of hydrogen-bond donors (Lipinski definition) is 1. The second kappa shape index (κ2) is 7.23. The Labute approximate surface area is 122 Å². The molecule has 2 rings (SSSR count). The predicted octanol–water partition coefficient (Wildman–Crippen LogP) is 3.29. The van der Waals surface area contributed by atoms with Gasteiger partial charge in [0.1, 0.15) is 5.82 Å². The van der Waals surface area contributed by atoms with Crippen LogP contribution in [0.3, 0.4) is 0 Å². The Balaban J connectivity index is 2.28. The van der Waals surface area contributed by atoms with Gasteiger partial charge in [0.25, 0.3) is 0 Å². The van der Waals surface area contributed by atoms with Gasteiger partial charge in [0.05, 0.1) is 11.6 Å². The number of imidazole rings is 1. The Kier molecular flexibility index (Phi) is 5.61. The molecule has 4 heteroatoms. The van der Waals surface area contributed by atoms with Crippen molar-refractivity contribution in [2.45, 2.75) is 70.6 Å². The lowest BCUT2D eigenvalue weighted by Crippen LogP contribution is -2.45. The standard InChI is InChI=1S/C16H29N3O/c1-4-10-17-14(16(20-3)8-6-7-9-16)15-18-11-13-19(15)12-5-2/h11,13-14,17H,4-10,12H2,1-3H3. The van der Waals surface area contributed by atoms with E-state index in [1.165, 1.54) is 12.8 Å². The second-order valence-corrected chi connectivity index (χ2v) is 5.84. The summed E-state index contributed by atoms with van der Waals surface area (Å²) in [6.45, 7) is 6.45. The van der Waals surface area contributed by atoms with Gasteiger partial charge in [-0.25, -0.2) is 4.98 Å². The maximum atomic E-state index is 6.00. The molecule has 1 aliphatic rings. The highest BCUT2D eigenvalue weighted by atomic mass is 16.5. The lowest BCUT2D eigenvalue weighted by Gasteiger charge is -2.37. The van der Waals surface area contributed by atoms with Crippen molar-refractivity contribution in [3.05, 3.63) is 18.2 Å². The molecule has 0 amide bonds. The van der Waals surface area contributed by atoms with Crippen LogP contribution in [0, 0.1) is 0 Å². The van der Waals surface area contributed by atoms with Gasteiger partial charge in [-0.15, -0.1) is 0 Å². The Morgan fingerprint density at radius 1 is 1.35 bits per heavy atom. The van der Waals surface area contributed by atoms with Crippen molar-refractivity contribution in [1.29, 1.82) is 0 Å². The van der Waals surface area contributed by atoms with Crippen LogP contribution in [0.5, 0.6) is 0 Å². The monoisotopic (exact) mass is 279 g/mol. The fraction of sp³-hybridized carbons (Fsp3) is 0.812. The third kappa shape index (κ3) is 3.07. The molecule has 1 fully saturated rings. The van der Waals surface area contributed by atoms with E-state index < -0.39 is 0 Å². The maximum Gasteiger partial charge on any atom is 0.128 e. The highest BCUT2D eigenvalue weighted by Crippen LogP contribution is 2.42. The Bertz CT molecular complexity index is 396.